The molecule has 0 saturated carbocycles. The van der Waals surface area contributed by atoms with Crippen LogP contribution in [0, 0.1) is 17.6 Å². The Morgan fingerprint density at radius 3 is 2.76 bits per heavy atom. The number of anilines is 1. The summed E-state index contributed by atoms with van der Waals surface area (Å²) in [6.07, 6.45) is 4.62. The first-order chi connectivity index (χ1) is 18.5. The second-order valence-corrected chi connectivity index (χ2v) is 9.09. The van der Waals surface area contributed by atoms with Crippen molar-refractivity contribution in [1.82, 2.24) is 20.2 Å². The van der Waals surface area contributed by atoms with Crippen LogP contribution in [0.25, 0.3) is 11.1 Å². The molecule has 196 valence electrons. The number of carbonyl (C=O) groups is 1. The van der Waals surface area contributed by atoms with Crippen LogP contribution in [0.15, 0.2) is 60.8 Å². The van der Waals surface area contributed by atoms with Gasteiger partial charge in [0.2, 0.25) is 5.82 Å². The normalized spacial score (nSPS) is 13.8. The molecule has 0 aliphatic carbocycles. The molecule has 2 N–H and O–H groups in total. The molecule has 0 spiro atoms. The molecule has 2 aromatic carbocycles. The maximum Gasteiger partial charge on any atom is 0.296 e. The Bertz CT molecular complexity index is 1400. The highest BCUT2D eigenvalue weighted by molar-refractivity contribution is 6.01. The van der Waals surface area contributed by atoms with Crippen LogP contribution in [0.2, 0.25) is 0 Å². The highest BCUT2D eigenvalue weighted by Crippen LogP contribution is 2.29. The summed E-state index contributed by atoms with van der Waals surface area (Å²) >= 11 is 0. The SMILES string of the molecule is O=C(Nc1cc(-c2cc(OCCC3CCOCC3)ccc2F)ccn1)c1n[nH]c(Cc2ccccc2F)n1. The molecule has 3 heterocycles. The Balaban J connectivity index is 1.23. The number of hydrogen-bond acceptors (Lipinski definition) is 6. The van der Waals surface area contributed by atoms with Crippen molar-refractivity contribution in [2.45, 2.75) is 25.7 Å². The largest absolute Gasteiger partial charge is 0.494 e. The van der Waals surface area contributed by atoms with Crippen molar-refractivity contribution in [3.63, 3.8) is 0 Å². The van der Waals surface area contributed by atoms with Crippen LogP contribution in [-0.2, 0) is 11.2 Å². The number of aromatic nitrogens is 4. The summed E-state index contributed by atoms with van der Waals surface area (Å²) in [6, 6.07) is 14.1. The van der Waals surface area contributed by atoms with Gasteiger partial charge in [-0.2, -0.15) is 0 Å². The number of pyridine rings is 1. The molecule has 4 aromatic rings. The van der Waals surface area contributed by atoms with Gasteiger partial charge < -0.3 is 14.8 Å². The van der Waals surface area contributed by atoms with Crippen molar-refractivity contribution >= 4 is 11.7 Å². The molecule has 1 aliphatic rings. The average molecular weight is 520 g/mol. The quantitative estimate of drug-likeness (QED) is 0.316. The van der Waals surface area contributed by atoms with Crippen molar-refractivity contribution in [2.75, 3.05) is 25.1 Å². The van der Waals surface area contributed by atoms with E-state index < -0.39 is 11.7 Å². The zero-order valence-electron chi connectivity index (χ0n) is 20.6. The molecule has 1 aliphatic heterocycles. The summed E-state index contributed by atoms with van der Waals surface area (Å²) in [7, 11) is 0. The number of H-pyrrole nitrogens is 1. The first kappa shape index (κ1) is 25.5. The molecule has 38 heavy (non-hydrogen) atoms. The molecule has 1 fully saturated rings. The number of rotatable bonds is 9. The van der Waals surface area contributed by atoms with Gasteiger partial charge in [0.15, 0.2) is 0 Å². The van der Waals surface area contributed by atoms with Gasteiger partial charge >= 0.3 is 0 Å². The van der Waals surface area contributed by atoms with E-state index in [1.165, 1.54) is 18.3 Å². The number of carbonyl (C=O) groups excluding carboxylic acids is 1. The number of nitrogens with one attached hydrogen (secondary N) is 2. The molecule has 0 bridgehead atoms. The van der Waals surface area contributed by atoms with Crippen molar-refractivity contribution in [3.05, 3.63) is 89.6 Å². The predicted octanol–water partition coefficient (Wildman–Crippen LogP) is 5.18. The minimum atomic E-state index is -0.601. The smallest absolute Gasteiger partial charge is 0.296 e. The molecule has 1 amide bonds. The first-order valence-electron chi connectivity index (χ1n) is 12.5. The van der Waals surface area contributed by atoms with Gasteiger partial charge in [-0.25, -0.2) is 18.7 Å². The first-order valence-corrected chi connectivity index (χ1v) is 12.5. The van der Waals surface area contributed by atoms with Crippen LogP contribution in [0.1, 0.15) is 41.3 Å². The monoisotopic (exact) mass is 519 g/mol. The van der Waals surface area contributed by atoms with Gasteiger partial charge in [-0.3, -0.25) is 9.89 Å². The third kappa shape index (κ3) is 6.38. The van der Waals surface area contributed by atoms with Gasteiger partial charge in [-0.15, -0.1) is 5.10 Å². The van der Waals surface area contributed by atoms with Crippen LogP contribution >= 0.6 is 0 Å². The molecule has 0 unspecified atom stereocenters. The van der Waals surface area contributed by atoms with Crippen LogP contribution in [0.5, 0.6) is 5.75 Å². The van der Waals surface area contributed by atoms with Gasteiger partial charge in [0.25, 0.3) is 5.91 Å². The van der Waals surface area contributed by atoms with Crippen molar-refractivity contribution < 1.29 is 23.0 Å². The molecule has 5 rings (SSSR count). The summed E-state index contributed by atoms with van der Waals surface area (Å²) in [6.45, 7) is 2.12. The maximum absolute atomic E-state index is 14.7. The summed E-state index contributed by atoms with van der Waals surface area (Å²) in [5.41, 5.74) is 1.29. The predicted molar refractivity (Wildman–Crippen MR) is 137 cm³/mol. The van der Waals surface area contributed by atoms with E-state index >= 15 is 0 Å². The van der Waals surface area contributed by atoms with Crippen molar-refractivity contribution in [2.24, 2.45) is 5.92 Å². The zero-order chi connectivity index (χ0) is 26.3. The number of amides is 1. The number of nitrogens with zero attached hydrogens (tertiary/aromatic N) is 3. The minimum absolute atomic E-state index is 0.116. The van der Waals surface area contributed by atoms with E-state index in [4.69, 9.17) is 9.47 Å². The highest BCUT2D eigenvalue weighted by Gasteiger charge is 2.17. The van der Waals surface area contributed by atoms with Gasteiger partial charge in [0, 0.05) is 31.4 Å². The maximum atomic E-state index is 14.7. The second-order valence-electron chi connectivity index (χ2n) is 9.09. The lowest BCUT2D eigenvalue weighted by Crippen LogP contribution is -2.17. The van der Waals surface area contributed by atoms with Gasteiger partial charge in [-0.05, 0) is 72.7 Å². The van der Waals surface area contributed by atoms with E-state index in [1.54, 1.807) is 42.5 Å². The molecule has 2 aromatic heterocycles. The molecule has 1 saturated heterocycles. The number of hydrogen-bond donors (Lipinski definition) is 2. The fourth-order valence-electron chi connectivity index (χ4n) is 4.33. The number of halogens is 2. The summed E-state index contributed by atoms with van der Waals surface area (Å²) in [5, 5.41) is 9.21. The van der Waals surface area contributed by atoms with Crippen LogP contribution < -0.4 is 10.1 Å². The zero-order valence-corrected chi connectivity index (χ0v) is 20.6. The third-order valence-electron chi connectivity index (χ3n) is 6.44. The Labute approximate surface area is 218 Å². The van der Waals surface area contributed by atoms with Gasteiger partial charge in [0.05, 0.1) is 6.61 Å². The lowest BCUT2D eigenvalue weighted by atomic mass is 9.97. The molecule has 0 atom stereocenters. The summed E-state index contributed by atoms with van der Waals surface area (Å²) < 4.78 is 39.9. The molecule has 10 heteroatoms. The standard InChI is InChI=1S/C28H27F2N5O3/c29-23-4-2-1-3-20(23)16-26-32-27(35-34-26)28(36)33-25-15-19(7-11-31-25)22-17-21(5-6-24(22)30)38-14-10-18-8-12-37-13-9-18/h1-7,11,15,17-18H,8-10,12-14,16H2,(H,31,33,36)(H,32,34,35). The van der Waals surface area contributed by atoms with E-state index in [0.717, 1.165) is 32.5 Å². The lowest BCUT2D eigenvalue weighted by Gasteiger charge is -2.21. The van der Waals surface area contributed by atoms with Crippen LogP contribution in [0.4, 0.5) is 14.6 Å². The minimum Gasteiger partial charge on any atom is -0.494 e. The molecular weight excluding hydrogens is 492 g/mol. The van der Waals surface area contributed by atoms with Crippen LogP contribution in [0.3, 0.4) is 0 Å². The second kappa shape index (κ2) is 11.9. The van der Waals surface area contributed by atoms with Gasteiger partial charge in [-0.1, -0.05) is 18.2 Å². The Hall–Kier alpha value is -4.18. The van der Waals surface area contributed by atoms with E-state index in [0.29, 0.717) is 40.8 Å². The highest BCUT2D eigenvalue weighted by atomic mass is 19.1. The van der Waals surface area contributed by atoms with E-state index in [2.05, 4.69) is 25.5 Å². The third-order valence-corrected chi connectivity index (χ3v) is 6.44. The topological polar surface area (TPSA) is 102 Å². The summed E-state index contributed by atoms with van der Waals surface area (Å²) in [4.78, 5) is 21.0. The average Bonchev–Trinajstić information content (AvgIpc) is 3.40. The Morgan fingerprint density at radius 2 is 1.92 bits per heavy atom. The summed E-state index contributed by atoms with van der Waals surface area (Å²) in [5.74, 6) is 0.199. The van der Waals surface area contributed by atoms with Gasteiger partial charge in [0.1, 0.15) is 29.0 Å². The number of aromatic amines is 1. The molecule has 8 nitrogen and oxygen atoms in total. The Morgan fingerprint density at radius 1 is 1.08 bits per heavy atom. The van der Waals surface area contributed by atoms with Crippen molar-refractivity contribution in [3.8, 4) is 16.9 Å². The van der Waals surface area contributed by atoms with E-state index in [-0.39, 0.29) is 23.9 Å². The van der Waals surface area contributed by atoms with Crippen molar-refractivity contribution in [1.29, 1.82) is 0 Å². The fraction of sp³-hybridized carbons (Fsp3) is 0.286. The number of ether oxygens (including phenoxy) is 2. The van der Waals surface area contributed by atoms with E-state index in [1.807, 2.05) is 0 Å². The molecular formula is C28H27F2N5O3. The molecule has 0 radical (unpaired) electrons. The van der Waals surface area contributed by atoms with E-state index in [9.17, 15) is 13.6 Å². The Kier molecular flexibility index (Phi) is 7.98. The van der Waals surface area contributed by atoms with Crippen LogP contribution in [-0.4, -0.2) is 45.9 Å². The number of benzene rings is 2. The fourth-order valence-corrected chi connectivity index (χ4v) is 4.33. The lowest BCUT2D eigenvalue weighted by molar-refractivity contribution is 0.0593.